The lowest BCUT2D eigenvalue weighted by Gasteiger charge is -2.43. The van der Waals surface area contributed by atoms with Gasteiger partial charge in [-0.2, -0.15) is 0 Å². The number of ether oxygens (including phenoxy) is 1. The van der Waals surface area contributed by atoms with Gasteiger partial charge in [-0.25, -0.2) is 4.79 Å². The first-order valence-electron chi connectivity index (χ1n) is 10.3. The zero-order valence-corrected chi connectivity index (χ0v) is 16.7. The van der Waals surface area contributed by atoms with Gasteiger partial charge >= 0.3 is 12.1 Å². The Morgan fingerprint density at radius 2 is 1.93 bits per heavy atom. The molecule has 7 heteroatoms. The molecule has 29 heavy (non-hydrogen) atoms. The monoisotopic (exact) mass is 398 g/mol. The Hall–Kier alpha value is -2.57. The molecule has 1 aromatic carbocycles. The molecule has 7 nitrogen and oxygen atoms in total. The number of cyclic esters (lactones) is 1. The molecule has 1 spiro atoms. The number of carboxylic acid groups (broad SMARTS) is 1. The van der Waals surface area contributed by atoms with Gasteiger partial charge in [-0.1, -0.05) is 24.3 Å². The lowest BCUT2D eigenvalue weighted by Crippen LogP contribution is -2.58. The van der Waals surface area contributed by atoms with E-state index in [1.165, 1.54) is 5.56 Å². The van der Waals surface area contributed by atoms with Gasteiger partial charge in [0.05, 0.1) is 11.0 Å². The molecule has 3 atom stereocenters. The van der Waals surface area contributed by atoms with Crippen LogP contribution in [0.4, 0.5) is 4.79 Å². The Morgan fingerprint density at radius 1 is 1.24 bits per heavy atom. The number of piperidine rings is 1. The van der Waals surface area contributed by atoms with E-state index >= 15 is 0 Å². The highest BCUT2D eigenvalue weighted by Gasteiger charge is 2.59. The van der Waals surface area contributed by atoms with Crippen molar-refractivity contribution in [3.63, 3.8) is 0 Å². The van der Waals surface area contributed by atoms with Gasteiger partial charge < -0.3 is 20.1 Å². The molecule has 2 N–H and O–H groups in total. The van der Waals surface area contributed by atoms with Gasteiger partial charge in [-0.15, -0.1) is 0 Å². The number of likely N-dealkylation sites (tertiary alicyclic amines) is 1. The van der Waals surface area contributed by atoms with Gasteiger partial charge in [0.15, 0.2) is 0 Å². The van der Waals surface area contributed by atoms with E-state index < -0.39 is 11.4 Å². The number of fused-ring (bicyclic) bond motifs is 1. The molecule has 4 fully saturated rings. The zero-order chi connectivity index (χ0) is 20.6. The molecule has 2 saturated carbocycles. The fraction of sp³-hybridized carbons (Fsp3) is 0.591. The van der Waals surface area contributed by atoms with Crippen molar-refractivity contribution >= 4 is 18.0 Å². The lowest BCUT2D eigenvalue weighted by atomic mass is 9.68. The first-order valence-corrected chi connectivity index (χ1v) is 10.3. The number of carbonyl (C=O) groups is 3. The molecule has 1 aromatic rings. The first kappa shape index (κ1) is 18.5. The van der Waals surface area contributed by atoms with E-state index in [4.69, 9.17) is 4.74 Å². The maximum atomic E-state index is 12.8. The summed E-state index contributed by atoms with van der Waals surface area (Å²) in [4.78, 5) is 37.6. The Labute approximate surface area is 169 Å². The molecule has 0 radical (unpaired) electrons. The fourth-order valence-electron chi connectivity index (χ4n) is 5.49. The Balaban J connectivity index is 1.20. The molecule has 2 aliphatic heterocycles. The zero-order valence-electron chi connectivity index (χ0n) is 16.7. The average Bonchev–Trinajstić information content (AvgIpc) is 2.99. The normalized spacial score (nSPS) is 35.0. The van der Waals surface area contributed by atoms with Crippen LogP contribution in [0.15, 0.2) is 24.3 Å². The van der Waals surface area contributed by atoms with Crippen molar-refractivity contribution in [1.82, 2.24) is 10.2 Å². The van der Waals surface area contributed by atoms with Crippen LogP contribution in [-0.4, -0.2) is 53.2 Å². The number of carboxylic acids is 1. The average molecular weight is 398 g/mol. The van der Waals surface area contributed by atoms with E-state index in [-0.39, 0.29) is 23.5 Å². The van der Waals surface area contributed by atoms with Gasteiger partial charge in [0, 0.05) is 19.0 Å². The molecule has 154 valence electrons. The summed E-state index contributed by atoms with van der Waals surface area (Å²) >= 11 is 0. The number of aliphatic carboxylic acids is 1. The Morgan fingerprint density at radius 3 is 2.52 bits per heavy atom. The number of benzene rings is 1. The molecular weight excluding hydrogens is 372 g/mol. The van der Waals surface area contributed by atoms with Gasteiger partial charge in [-0.05, 0) is 55.6 Å². The van der Waals surface area contributed by atoms with E-state index in [0.717, 1.165) is 18.7 Å². The second-order valence-corrected chi connectivity index (χ2v) is 9.74. The SMILES string of the molecule is CC(C)(C(=O)O)c1cccc([C@H]2[C@@H]3CN(C(=O)C4CC5(COC(=O)N5)C4)C[C@@H]32)c1. The summed E-state index contributed by atoms with van der Waals surface area (Å²) in [6.45, 7) is 5.36. The third-order valence-corrected chi connectivity index (χ3v) is 7.50. The number of hydrogen-bond acceptors (Lipinski definition) is 4. The van der Waals surface area contributed by atoms with Gasteiger partial charge in [0.2, 0.25) is 5.91 Å². The highest BCUT2D eigenvalue weighted by atomic mass is 16.6. The fourth-order valence-corrected chi connectivity index (χ4v) is 5.49. The van der Waals surface area contributed by atoms with E-state index in [1.807, 2.05) is 23.1 Å². The maximum absolute atomic E-state index is 12.8. The number of amides is 2. The highest BCUT2D eigenvalue weighted by Crippen LogP contribution is 2.59. The first-order chi connectivity index (χ1) is 13.7. The van der Waals surface area contributed by atoms with Crippen LogP contribution in [0, 0.1) is 17.8 Å². The van der Waals surface area contributed by atoms with Crippen LogP contribution in [0.1, 0.15) is 43.7 Å². The van der Waals surface area contributed by atoms with Crippen LogP contribution in [0.3, 0.4) is 0 Å². The summed E-state index contributed by atoms with van der Waals surface area (Å²) in [7, 11) is 0. The summed E-state index contributed by atoms with van der Waals surface area (Å²) in [5, 5.41) is 12.3. The van der Waals surface area contributed by atoms with Gasteiger partial charge in [-0.3, -0.25) is 9.59 Å². The minimum absolute atomic E-state index is 0.0207. The number of nitrogens with one attached hydrogen (secondary N) is 1. The molecule has 0 aromatic heterocycles. The van der Waals surface area contributed by atoms with E-state index in [1.54, 1.807) is 13.8 Å². The van der Waals surface area contributed by atoms with Crippen molar-refractivity contribution in [3.05, 3.63) is 35.4 Å². The molecule has 0 bridgehead atoms. The summed E-state index contributed by atoms with van der Waals surface area (Å²) in [6, 6.07) is 7.93. The molecule has 2 aliphatic carbocycles. The smallest absolute Gasteiger partial charge is 0.407 e. The molecule has 0 unspecified atom stereocenters. The molecule has 4 aliphatic rings. The van der Waals surface area contributed by atoms with E-state index in [2.05, 4.69) is 11.4 Å². The van der Waals surface area contributed by atoms with Crippen molar-refractivity contribution in [2.45, 2.75) is 43.6 Å². The summed E-state index contributed by atoms with van der Waals surface area (Å²) in [5.41, 5.74) is 0.773. The minimum Gasteiger partial charge on any atom is -0.481 e. The third-order valence-electron chi connectivity index (χ3n) is 7.50. The van der Waals surface area contributed by atoms with Gasteiger partial charge in [0.1, 0.15) is 6.61 Å². The van der Waals surface area contributed by atoms with Gasteiger partial charge in [0.25, 0.3) is 0 Å². The molecule has 2 heterocycles. The number of alkyl carbamates (subject to hydrolysis) is 1. The highest BCUT2D eigenvalue weighted by molar-refractivity contribution is 5.82. The standard InChI is InChI=1S/C22H26N2O5/c1-21(2,19(26)27)14-5-3-4-12(6-14)17-15-9-24(10-16(15)17)18(25)13-7-22(8-13)11-29-20(28)23-22/h3-6,13,15-17H,7-11H2,1-2H3,(H,23,28)(H,26,27)/t13?,15-,16+,17+,22?. The number of rotatable bonds is 4. The third kappa shape index (κ3) is 2.81. The van der Waals surface area contributed by atoms with Crippen molar-refractivity contribution in [2.75, 3.05) is 19.7 Å². The quantitative estimate of drug-likeness (QED) is 0.810. The Bertz CT molecular complexity index is 892. The van der Waals surface area contributed by atoms with Crippen molar-refractivity contribution < 1.29 is 24.2 Å². The van der Waals surface area contributed by atoms with E-state index in [9.17, 15) is 19.5 Å². The molecule has 2 amide bonds. The predicted octanol–water partition coefficient (Wildman–Crippen LogP) is 2.11. The number of nitrogens with zero attached hydrogens (tertiary/aromatic N) is 1. The predicted molar refractivity (Wildman–Crippen MR) is 103 cm³/mol. The number of carbonyl (C=O) groups excluding carboxylic acids is 2. The van der Waals surface area contributed by atoms with Crippen molar-refractivity contribution in [2.24, 2.45) is 17.8 Å². The lowest BCUT2D eigenvalue weighted by molar-refractivity contribution is -0.142. The van der Waals surface area contributed by atoms with Crippen LogP contribution in [-0.2, 0) is 19.7 Å². The molecular formula is C22H26N2O5. The van der Waals surface area contributed by atoms with Crippen LogP contribution >= 0.6 is 0 Å². The number of hydrogen-bond donors (Lipinski definition) is 2. The second-order valence-electron chi connectivity index (χ2n) is 9.74. The second kappa shape index (κ2) is 5.97. The van der Waals surface area contributed by atoms with Crippen LogP contribution < -0.4 is 5.32 Å². The summed E-state index contributed by atoms with van der Waals surface area (Å²) in [5.74, 6) is 0.691. The van der Waals surface area contributed by atoms with Crippen LogP contribution in [0.5, 0.6) is 0 Å². The van der Waals surface area contributed by atoms with E-state index in [0.29, 0.717) is 37.2 Å². The minimum atomic E-state index is -0.915. The van der Waals surface area contributed by atoms with Crippen LogP contribution in [0.25, 0.3) is 0 Å². The maximum Gasteiger partial charge on any atom is 0.407 e. The Kier molecular flexibility index (Phi) is 3.80. The molecule has 2 saturated heterocycles. The topological polar surface area (TPSA) is 95.9 Å². The largest absolute Gasteiger partial charge is 0.481 e. The van der Waals surface area contributed by atoms with Crippen LogP contribution in [0.2, 0.25) is 0 Å². The summed E-state index contributed by atoms with van der Waals surface area (Å²) in [6.07, 6.45) is 0.952. The summed E-state index contributed by atoms with van der Waals surface area (Å²) < 4.78 is 4.99. The van der Waals surface area contributed by atoms with Crippen molar-refractivity contribution in [3.8, 4) is 0 Å². The molecule has 5 rings (SSSR count). The van der Waals surface area contributed by atoms with Crippen molar-refractivity contribution in [1.29, 1.82) is 0 Å².